The molecular formula is C11H11F3N2O2. The summed E-state index contributed by atoms with van der Waals surface area (Å²) in [5.74, 6) is 0.0743. The number of hydrogen-bond acceptors (Lipinski definition) is 4. The van der Waals surface area contributed by atoms with Crippen molar-refractivity contribution < 1.29 is 23.1 Å². The maximum absolute atomic E-state index is 12.0. The molecule has 1 aliphatic rings. The Hall–Kier alpha value is -1.79. The molecule has 1 heterocycles. The van der Waals surface area contributed by atoms with Gasteiger partial charge in [0.15, 0.2) is 6.61 Å². The molecule has 7 heteroatoms. The minimum atomic E-state index is -4.37. The van der Waals surface area contributed by atoms with Gasteiger partial charge < -0.3 is 9.94 Å². The summed E-state index contributed by atoms with van der Waals surface area (Å²) in [7, 11) is 0. The van der Waals surface area contributed by atoms with E-state index < -0.39 is 12.8 Å². The molecule has 0 aliphatic heterocycles. The average molecular weight is 260 g/mol. The highest BCUT2D eigenvalue weighted by molar-refractivity contribution is 6.00. The maximum Gasteiger partial charge on any atom is 0.422 e. The minimum absolute atomic E-state index is 0.0743. The van der Waals surface area contributed by atoms with Crippen LogP contribution < -0.4 is 4.74 Å². The quantitative estimate of drug-likeness (QED) is 0.656. The lowest BCUT2D eigenvalue weighted by Gasteiger charge is -2.17. The number of nitrogens with zero attached hydrogens (tertiary/aromatic N) is 2. The van der Waals surface area contributed by atoms with E-state index in [9.17, 15) is 13.2 Å². The normalized spacial score (nSPS) is 17.6. The van der Waals surface area contributed by atoms with Crippen LogP contribution in [0.4, 0.5) is 13.2 Å². The Bertz CT molecular complexity index is 472. The van der Waals surface area contributed by atoms with Crippen LogP contribution in [0.1, 0.15) is 24.1 Å². The van der Waals surface area contributed by atoms with Crippen molar-refractivity contribution in [2.24, 2.45) is 5.16 Å². The number of alkyl halides is 3. The second-order valence-electron chi connectivity index (χ2n) is 3.98. The first kappa shape index (κ1) is 12.7. The summed E-state index contributed by atoms with van der Waals surface area (Å²) < 4.78 is 40.6. The van der Waals surface area contributed by atoms with E-state index in [4.69, 9.17) is 5.21 Å². The lowest BCUT2D eigenvalue weighted by molar-refractivity contribution is -0.153. The second kappa shape index (κ2) is 4.83. The Morgan fingerprint density at radius 1 is 1.39 bits per heavy atom. The van der Waals surface area contributed by atoms with Crippen molar-refractivity contribution in [3.8, 4) is 5.75 Å². The van der Waals surface area contributed by atoms with Gasteiger partial charge in [-0.05, 0) is 30.9 Å². The number of aromatic nitrogens is 1. The molecule has 0 radical (unpaired) electrons. The third-order valence-electron chi connectivity index (χ3n) is 2.60. The van der Waals surface area contributed by atoms with Gasteiger partial charge in [0.2, 0.25) is 0 Å². The number of hydrogen-bond donors (Lipinski definition) is 1. The van der Waals surface area contributed by atoms with Crippen LogP contribution in [0.25, 0.3) is 0 Å². The fraction of sp³-hybridized carbons (Fsp3) is 0.455. The maximum atomic E-state index is 12.0. The SMILES string of the molecule is O/N=C1\CCCc2cc(OCC(F)(F)F)cnc21. The van der Waals surface area contributed by atoms with Gasteiger partial charge in [0.1, 0.15) is 11.5 Å². The number of fused-ring (bicyclic) bond motifs is 1. The van der Waals surface area contributed by atoms with Crippen LogP contribution in [0.15, 0.2) is 17.4 Å². The molecule has 2 rings (SSSR count). The molecule has 0 unspecified atom stereocenters. The summed E-state index contributed by atoms with van der Waals surface area (Å²) in [5.41, 5.74) is 1.73. The van der Waals surface area contributed by atoms with Gasteiger partial charge in [0.25, 0.3) is 0 Å². The van der Waals surface area contributed by atoms with Crippen molar-refractivity contribution in [1.29, 1.82) is 0 Å². The van der Waals surface area contributed by atoms with Gasteiger partial charge in [0.05, 0.1) is 11.9 Å². The summed E-state index contributed by atoms with van der Waals surface area (Å²) in [4.78, 5) is 3.99. The van der Waals surface area contributed by atoms with E-state index in [0.717, 1.165) is 12.0 Å². The van der Waals surface area contributed by atoms with Crippen LogP contribution in [-0.4, -0.2) is 28.7 Å². The largest absolute Gasteiger partial charge is 0.482 e. The second-order valence-corrected chi connectivity index (χ2v) is 3.98. The van der Waals surface area contributed by atoms with Crippen molar-refractivity contribution in [2.45, 2.75) is 25.4 Å². The fourth-order valence-corrected chi connectivity index (χ4v) is 1.84. The molecule has 1 aliphatic carbocycles. The number of rotatable bonds is 2. The molecule has 0 fully saturated rings. The molecule has 0 spiro atoms. The minimum Gasteiger partial charge on any atom is -0.482 e. The Morgan fingerprint density at radius 3 is 2.83 bits per heavy atom. The monoisotopic (exact) mass is 260 g/mol. The predicted octanol–water partition coefficient (Wildman–Crippen LogP) is 2.54. The van der Waals surface area contributed by atoms with Crippen molar-refractivity contribution in [3.63, 3.8) is 0 Å². The molecule has 1 N–H and O–H groups in total. The summed E-state index contributed by atoms with van der Waals surface area (Å²) in [6, 6.07) is 1.51. The molecular weight excluding hydrogens is 249 g/mol. The van der Waals surface area contributed by atoms with E-state index in [1.54, 1.807) is 0 Å². The summed E-state index contributed by atoms with van der Waals surface area (Å²) in [6.45, 7) is -1.34. The van der Waals surface area contributed by atoms with E-state index >= 15 is 0 Å². The highest BCUT2D eigenvalue weighted by Gasteiger charge is 2.28. The topological polar surface area (TPSA) is 54.7 Å². The standard InChI is InChI=1S/C11H11F3N2O2/c12-11(13,14)6-18-8-4-7-2-1-3-9(16-17)10(7)15-5-8/h4-5,17H,1-3,6H2/b16-9+. The van der Waals surface area contributed by atoms with Crippen LogP contribution in [0.3, 0.4) is 0 Å². The van der Waals surface area contributed by atoms with Crippen molar-refractivity contribution >= 4 is 5.71 Å². The molecule has 0 saturated heterocycles. The molecule has 1 aromatic rings. The van der Waals surface area contributed by atoms with Crippen LogP contribution in [0.2, 0.25) is 0 Å². The number of ether oxygens (including phenoxy) is 1. The Morgan fingerprint density at radius 2 is 2.17 bits per heavy atom. The highest BCUT2D eigenvalue weighted by atomic mass is 19.4. The van der Waals surface area contributed by atoms with Crippen LogP contribution in [0.5, 0.6) is 5.75 Å². The molecule has 0 atom stereocenters. The molecule has 0 aromatic carbocycles. The molecule has 0 amide bonds. The number of aryl methyl sites for hydroxylation is 1. The van der Waals surface area contributed by atoms with E-state index in [0.29, 0.717) is 24.2 Å². The van der Waals surface area contributed by atoms with Crippen LogP contribution in [-0.2, 0) is 6.42 Å². The number of pyridine rings is 1. The van der Waals surface area contributed by atoms with E-state index in [2.05, 4.69) is 14.9 Å². The molecule has 0 bridgehead atoms. The average Bonchev–Trinajstić information content (AvgIpc) is 2.34. The zero-order chi connectivity index (χ0) is 13.2. The summed E-state index contributed by atoms with van der Waals surface area (Å²) in [5, 5.41) is 11.9. The first-order valence-corrected chi connectivity index (χ1v) is 5.39. The Labute approximate surface area is 101 Å². The van der Waals surface area contributed by atoms with Crippen molar-refractivity contribution in [3.05, 3.63) is 23.5 Å². The third-order valence-corrected chi connectivity index (χ3v) is 2.60. The molecule has 0 saturated carbocycles. The van der Waals surface area contributed by atoms with Gasteiger partial charge in [-0.25, -0.2) is 0 Å². The van der Waals surface area contributed by atoms with E-state index in [1.165, 1.54) is 12.3 Å². The highest BCUT2D eigenvalue weighted by Crippen LogP contribution is 2.25. The third kappa shape index (κ3) is 2.91. The molecule has 4 nitrogen and oxygen atoms in total. The van der Waals surface area contributed by atoms with Gasteiger partial charge in [-0.1, -0.05) is 5.16 Å². The first-order valence-electron chi connectivity index (χ1n) is 5.39. The Balaban J connectivity index is 2.17. The predicted molar refractivity (Wildman–Crippen MR) is 57.0 cm³/mol. The number of halogens is 3. The zero-order valence-corrected chi connectivity index (χ0v) is 9.37. The lowest BCUT2D eigenvalue weighted by atomic mass is 9.94. The van der Waals surface area contributed by atoms with Gasteiger partial charge in [-0.15, -0.1) is 0 Å². The number of oxime groups is 1. The van der Waals surface area contributed by atoms with E-state index in [1.807, 2.05) is 0 Å². The van der Waals surface area contributed by atoms with Gasteiger partial charge in [0, 0.05) is 0 Å². The van der Waals surface area contributed by atoms with Gasteiger partial charge in [-0.3, -0.25) is 4.98 Å². The molecule has 18 heavy (non-hydrogen) atoms. The first-order chi connectivity index (χ1) is 8.49. The molecule has 98 valence electrons. The fourth-order valence-electron chi connectivity index (χ4n) is 1.84. The van der Waals surface area contributed by atoms with Crippen LogP contribution >= 0.6 is 0 Å². The Kier molecular flexibility index (Phi) is 3.40. The smallest absolute Gasteiger partial charge is 0.422 e. The van der Waals surface area contributed by atoms with Crippen LogP contribution in [0, 0.1) is 0 Å². The zero-order valence-electron chi connectivity index (χ0n) is 9.37. The lowest BCUT2D eigenvalue weighted by Crippen LogP contribution is -2.20. The van der Waals surface area contributed by atoms with Gasteiger partial charge >= 0.3 is 6.18 Å². The van der Waals surface area contributed by atoms with Crippen molar-refractivity contribution in [2.75, 3.05) is 6.61 Å². The summed E-state index contributed by atoms with van der Waals surface area (Å²) in [6.07, 6.45) is -1.09. The van der Waals surface area contributed by atoms with Gasteiger partial charge in [-0.2, -0.15) is 13.2 Å². The van der Waals surface area contributed by atoms with E-state index in [-0.39, 0.29) is 5.75 Å². The van der Waals surface area contributed by atoms with Crippen molar-refractivity contribution in [1.82, 2.24) is 4.98 Å². The molecule has 1 aromatic heterocycles. The summed E-state index contributed by atoms with van der Waals surface area (Å²) >= 11 is 0.